The number of nitrogens with zero attached hydrogens (tertiary/aromatic N) is 4. The highest BCUT2D eigenvalue weighted by Crippen LogP contribution is 2.44. The number of hydroxylamine groups is 1. The van der Waals surface area contributed by atoms with E-state index in [1.165, 1.54) is 7.11 Å². The normalized spacial score (nSPS) is 18.7. The van der Waals surface area contributed by atoms with Crippen molar-refractivity contribution in [3.63, 3.8) is 0 Å². The quantitative estimate of drug-likeness (QED) is 0.0786. The molecule has 3 aromatic heterocycles. The number of hydrogen-bond donors (Lipinski definition) is 5. The summed E-state index contributed by atoms with van der Waals surface area (Å²) in [7, 11) is 5.01. The Bertz CT molecular complexity index is 2160. The number of carbonyl (C=O) groups excluding carboxylic acids is 2. The van der Waals surface area contributed by atoms with E-state index in [4.69, 9.17) is 29.7 Å². The van der Waals surface area contributed by atoms with Crippen LogP contribution in [0.3, 0.4) is 0 Å². The Balaban J connectivity index is 1.15. The predicted octanol–water partition coefficient (Wildman–Crippen LogP) is 6.47. The number of furan rings is 1. The molecular formula is C41H55N9O5. The lowest BCUT2D eigenvalue weighted by molar-refractivity contribution is -0.135. The number of nitrogens with one attached hydrogen (secondary N) is 4. The molecule has 14 nitrogen and oxygen atoms in total. The van der Waals surface area contributed by atoms with Gasteiger partial charge in [0.2, 0.25) is 5.91 Å². The van der Waals surface area contributed by atoms with Crippen molar-refractivity contribution in [3.8, 4) is 11.5 Å². The van der Waals surface area contributed by atoms with Gasteiger partial charge in [-0.05, 0) is 92.9 Å². The number of carbonyl (C=O) groups is 2. The van der Waals surface area contributed by atoms with E-state index in [0.29, 0.717) is 24.8 Å². The Morgan fingerprint density at radius 1 is 1.07 bits per heavy atom. The fraction of sp³-hybridized carbons (Fsp3) is 0.512. The van der Waals surface area contributed by atoms with Crippen LogP contribution >= 0.6 is 0 Å². The summed E-state index contributed by atoms with van der Waals surface area (Å²) in [5.41, 5.74) is 15.3. The second-order valence-electron chi connectivity index (χ2n) is 15.7. The van der Waals surface area contributed by atoms with Gasteiger partial charge in [0, 0.05) is 41.8 Å². The smallest absolute Gasteiger partial charge is 0.407 e. The van der Waals surface area contributed by atoms with Crippen molar-refractivity contribution < 1.29 is 23.6 Å². The van der Waals surface area contributed by atoms with Gasteiger partial charge in [-0.15, -0.1) is 0 Å². The lowest BCUT2D eigenvalue weighted by Gasteiger charge is -2.36. The van der Waals surface area contributed by atoms with Gasteiger partial charge in [-0.25, -0.2) is 14.8 Å². The number of aromatic amines is 1. The van der Waals surface area contributed by atoms with Crippen LogP contribution in [0.5, 0.6) is 0 Å². The van der Waals surface area contributed by atoms with Crippen LogP contribution in [0, 0.1) is 11.8 Å². The number of H-pyrrole nitrogens is 1. The SMILES string of the molecule is CON[C@H](CC(CCCN)c1nc2ccc3[nH]c(-c4cc5ccc6c(c5o4)NC([C@@H]4CCCN4C(=O)[C@@H](NC(=O)OC)C(C)C)N6C)ccc3c2n1)C(C)C. The third-order valence-electron chi connectivity index (χ3n) is 11.4. The second-order valence-corrected chi connectivity index (χ2v) is 15.7. The molecule has 0 radical (unpaired) electrons. The summed E-state index contributed by atoms with van der Waals surface area (Å²) in [4.78, 5) is 49.1. The molecule has 2 unspecified atom stereocenters. The molecule has 2 aliphatic heterocycles. The molecule has 1 fully saturated rings. The number of aromatic nitrogens is 3. The number of ether oxygens (including phenoxy) is 1. The van der Waals surface area contributed by atoms with Crippen LogP contribution in [0.25, 0.3) is 44.4 Å². The van der Waals surface area contributed by atoms with Crippen LogP contribution in [-0.4, -0.2) is 90.5 Å². The molecular weight excluding hydrogens is 699 g/mol. The average molecular weight is 754 g/mol. The third kappa shape index (κ3) is 7.42. The number of benzene rings is 2. The zero-order chi connectivity index (χ0) is 39.0. The summed E-state index contributed by atoms with van der Waals surface area (Å²) in [5.74, 6) is 1.88. The first-order valence-corrected chi connectivity index (χ1v) is 19.5. The summed E-state index contributed by atoms with van der Waals surface area (Å²) in [6, 6.07) is 13.8. The number of pyridine rings is 1. The number of amides is 2. The molecule has 2 amide bonds. The van der Waals surface area contributed by atoms with Gasteiger partial charge in [0.05, 0.1) is 37.2 Å². The molecule has 0 saturated carbocycles. The molecule has 0 spiro atoms. The molecule has 6 N–H and O–H groups in total. The van der Waals surface area contributed by atoms with Crippen LogP contribution < -0.4 is 26.7 Å². The van der Waals surface area contributed by atoms with Crippen LogP contribution in [0.2, 0.25) is 0 Å². The van der Waals surface area contributed by atoms with Crippen LogP contribution in [0.1, 0.15) is 71.5 Å². The third-order valence-corrected chi connectivity index (χ3v) is 11.4. The van der Waals surface area contributed by atoms with Gasteiger partial charge < -0.3 is 45.1 Å². The zero-order valence-electron chi connectivity index (χ0n) is 32.9. The van der Waals surface area contributed by atoms with Gasteiger partial charge in [-0.3, -0.25) is 4.79 Å². The minimum atomic E-state index is -0.677. The molecule has 14 heteroatoms. The fourth-order valence-electron chi connectivity index (χ4n) is 8.34. The summed E-state index contributed by atoms with van der Waals surface area (Å²) in [6.07, 6.45) is 3.59. The molecule has 0 bridgehead atoms. The Morgan fingerprint density at radius 3 is 2.62 bits per heavy atom. The van der Waals surface area contributed by atoms with Crippen molar-refractivity contribution in [2.45, 2.75) is 90.0 Å². The standard InChI is InChI=1S/C41H55N9O5/c1-22(2)30(48-54-7)20-25(10-8-18-42)38-44-29-16-15-27-26(35(29)45-38)13-14-28(43-27)33-21-24-12-17-31-36(37(24)55-33)46-39(49(31)5)32-11-9-19-50(32)40(51)34(23(3)4)47-41(52)53-6/h12-17,21-23,25,30,32,34,39,43,46,48H,8-11,18-20,42H2,1-7H3,(H,47,52)/t25?,30-,32+,34+,39?/m1/s1. The molecule has 2 aliphatic rings. The summed E-state index contributed by atoms with van der Waals surface area (Å²) in [5, 5.41) is 8.43. The minimum Gasteiger partial charge on any atom is -0.453 e. The molecule has 0 aliphatic carbocycles. The van der Waals surface area contributed by atoms with Gasteiger partial charge in [0.25, 0.3) is 0 Å². The number of alkyl carbamates (subject to hydrolysis) is 1. The molecule has 5 heterocycles. The second kappa shape index (κ2) is 16.0. The highest BCUT2D eigenvalue weighted by molar-refractivity contribution is 6.04. The van der Waals surface area contributed by atoms with Gasteiger partial charge in [0.15, 0.2) is 11.3 Å². The molecule has 5 aromatic rings. The number of hydrogen-bond acceptors (Lipinski definition) is 11. The van der Waals surface area contributed by atoms with E-state index in [0.717, 1.165) is 87.9 Å². The Hall–Kier alpha value is -4.92. The van der Waals surface area contributed by atoms with Gasteiger partial charge >= 0.3 is 6.09 Å². The number of imidazole rings is 1. The number of fused-ring (bicyclic) bond motifs is 6. The topological polar surface area (TPSA) is 176 Å². The first kappa shape index (κ1) is 38.4. The van der Waals surface area contributed by atoms with Crippen LogP contribution in [-0.2, 0) is 14.4 Å². The van der Waals surface area contributed by atoms with Gasteiger partial charge in [-0.1, -0.05) is 27.7 Å². The number of nitrogens with two attached hydrogens (primary N) is 1. The minimum absolute atomic E-state index is 0.0981. The predicted molar refractivity (Wildman–Crippen MR) is 216 cm³/mol. The Morgan fingerprint density at radius 2 is 1.89 bits per heavy atom. The Kier molecular flexibility index (Phi) is 11.2. The maximum atomic E-state index is 13.8. The highest BCUT2D eigenvalue weighted by atomic mass is 16.6. The highest BCUT2D eigenvalue weighted by Gasteiger charge is 2.43. The van der Waals surface area contributed by atoms with Crippen molar-refractivity contribution in [2.75, 3.05) is 44.6 Å². The molecule has 1 saturated heterocycles. The molecule has 294 valence electrons. The van der Waals surface area contributed by atoms with Crippen molar-refractivity contribution in [1.82, 2.24) is 30.6 Å². The van der Waals surface area contributed by atoms with Crippen molar-refractivity contribution in [2.24, 2.45) is 17.6 Å². The van der Waals surface area contributed by atoms with Crippen molar-refractivity contribution in [3.05, 3.63) is 48.3 Å². The number of methoxy groups -OCH3 is 1. The largest absolute Gasteiger partial charge is 0.453 e. The van der Waals surface area contributed by atoms with Gasteiger partial charge in [0.1, 0.15) is 29.2 Å². The molecule has 55 heavy (non-hydrogen) atoms. The maximum Gasteiger partial charge on any atom is 0.407 e. The summed E-state index contributed by atoms with van der Waals surface area (Å²) < 4.78 is 11.4. The van der Waals surface area contributed by atoms with E-state index >= 15 is 0 Å². The fourth-order valence-corrected chi connectivity index (χ4v) is 8.34. The van der Waals surface area contributed by atoms with Crippen LogP contribution in [0.15, 0.2) is 46.9 Å². The lowest BCUT2D eigenvalue weighted by Crippen LogP contribution is -2.57. The first-order valence-electron chi connectivity index (χ1n) is 19.5. The van der Waals surface area contributed by atoms with E-state index in [-0.39, 0.29) is 36.0 Å². The average Bonchev–Trinajstić information content (AvgIpc) is 3.99. The van der Waals surface area contributed by atoms with E-state index in [2.05, 4.69) is 70.2 Å². The zero-order valence-corrected chi connectivity index (χ0v) is 32.9. The lowest BCUT2D eigenvalue weighted by atomic mass is 9.89. The van der Waals surface area contributed by atoms with E-state index in [1.54, 1.807) is 7.11 Å². The molecule has 2 aromatic carbocycles. The van der Waals surface area contributed by atoms with Crippen molar-refractivity contribution in [1.29, 1.82) is 0 Å². The monoisotopic (exact) mass is 753 g/mol. The number of rotatable bonds is 14. The van der Waals surface area contributed by atoms with Gasteiger partial charge in [-0.2, -0.15) is 5.48 Å². The molecule has 5 atom stereocenters. The first-order chi connectivity index (χ1) is 26.5. The number of anilines is 2. The Labute approximate surface area is 321 Å². The van der Waals surface area contributed by atoms with E-state index in [1.807, 2.05) is 37.9 Å². The summed E-state index contributed by atoms with van der Waals surface area (Å²) >= 11 is 0. The summed E-state index contributed by atoms with van der Waals surface area (Å²) in [6.45, 7) is 9.47. The van der Waals surface area contributed by atoms with Crippen molar-refractivity contribution >= 4 is 56.3 Å². The number of likely N-dealkylation sites (N-methyl/N-ethyl adjacent to an activating group) is 1. The maximum absolute atomic E-state index is 13.8. The van der Waals surface area contributed by atoms with Crippen LogP contribution in [0.4, 0.5) is 16.2 Å². The number of likely N-dealkylation sites (tertiary alicyclic amines) is 1. The van der Waals surface area contributed by atoms with E-state index < -0.39 is 12.1 Å². The molecule has 7 rings (SSSR count). The van der Waals surface area contributed by atoms with E-state index in [9.17, 15) is 9.59 Å².